The molecule has 0 N–H and O–H groups in total. The van der Waals surface area contributed by atoms with Crippen LogP contribution in [-0.2, 0) is 5.41 Å². The molecular weight excluding hydrogens is 510 g/mol. The maximum absolute atomic E-state index is 6.50. The number of oxazole rings is 1. The summed E-state index contributed by atoms with van der Waals surface area (Å²) in [6.45, 7) is 4.71. The van der Waals surface area contributed by atoms with Crippen molar-refractivity contribution in [1.29, 1.82) is 0 Å². The van der Waals surface area contributed by atoms with Gasteiger partial charge in [-0.25, -0.2) is 4.98 Å². The molecule has 0 atom stereocenters. The van der Waals surface area contributed by atoms with E-state index in [1.54, 1.807) is 0 Å². The fraction of sp³-hybridized carbons (Fsp3) is 0.0750. The first-order valence-corrected chi connectivity index (χ1v) is 14.6. The van der Waals surface area contributed by atoms with Crippen molar-refractivity contribution in [3.8, 4) is 33.7 Å². The van der Waals surface area contributed by atoms with Crippen molar-refractivity contribution in [2.75, 3.05) is 0 Å². The van der Waals surface area contributed by atoms with Crippen LogP contribution in [0.5, 0.6) is 0 Å². The van der Waals surface area contributed by atoms with Crippen LogP contribution in [0.3, 0.4) is 0 Å². The Morgan fingerprint density at radius 3 is 2.14 bits per heavy atom. The summed E-state index contributed by atoms with van der Waals surface area (Å²) in [5, 5.41) is 7.22. The average Bonchev–Trinajstić information content (AvgIpc) is 3.58. The van der Waals surface area contributed by atoms with Crippen LogP contribution in [0, 0.1) is 0 Å². The van der Waals surface area contributed by atoms with Crippen molar-refractivity contribution in [2.45, 2.75) is 19.3 Å². The van der Waals surface area contributed by atoms with Gasteiger partial charge in [0.1, 0.15) is 5.52 Å². The lowest BCUT2D eigenvalue weighted by Gasteiger charge is -2.23. The molecule has 0 spiro atoms. The highest BCUT2D eigenvalue weighted by molar-refractivity contribution is 6.19. The minimum absolute atomic E-state index is 0.0753. The summed E-state index contributed by atoms with van der Waals surface area (Å²) in [5.41, 5.74) is 10.6. The van der Waals surface area contributed by atoms with Crippen molar-refractivity contribution >= 4 is 43.4 Å². The Hall–Kier alpha value is -5.21. The maximum Gasteiger partial charge on any atom is 0.227 e. The Kier molecular flexibility index (Phi) is 4.70. The van der Waals surface area contributed by atoms with Crippen LogP contribution < -0.4 is 0 Å². The summed E-state index contributed by atoms with van der Waals surface area (Å²) >= 11 is 0. The van der Waals surface area contributed by atoms with Crippen LogP contribution in [0.15, 0.2) is 132 Å². The van der Waals surface area contributed by atoms with Crippen LogP contribution in [0.4, 0.5) is 0 Å². The molecule has 198 valence electrons. The topological polar surface area (TPSA) is 26.0 Å². The Morgan fingerprint density at radius 1 is 0.548 bits per heavy atom. The van der Waals surface area contributed by atoms with Gasteiger partial charge in [0.2, 0.25) is 5.89 Å². The van der Waals surface area contributed by atoms with Gasteiger partial charge >= 0.3 is 0 Å². The summed E-state index contributed by atoms with van der Waals surface area (Å²) in [6.07, 6.45) is 0. The Bertz CT molecular complexity index is 2380. The molecule has 0 unspecified atom stereocenters. The predicted octanol–water partition coefficient (Wildman–Crippen LogP) is 10.9. The van der Waals surface area contributed by atoms with Gasteiger partial charge in [0, 0.05) is 16.4 Å². The maximum atomic E-state index is 6.50. The Morgan fingerprint density at radius 2 is 1.26 bits per heavy atom. The minimum atomic E-state index is -0.0753. The molecule has 1 aliphatic rings. The van der Waals surface area contributed by atoms with Crippen molar-refractivity contribution in [2.24, 2.45) is 0 Å². The van der Waals surface area contributed by atoms with Crippen molar-refractivity contribution in [1.82, 2.24) is 4.98 Å². The van der Waals surface area contributed by atoms with E-state index < -0.39 is 0 Å². The molecule has 1 heterocycles. The molecule has 9 rings (SSSR count). The standard InChI is InChI=1S/C40H27NO/c1-40(2)33-15-9-8-14-30(33)37-29-13-7-6-12-28(29)31(23-34(37)40)27-19-17-24-16-18-25-20-21-35-38(36(25)32(24)22-27)42-39(41-35)26-10-4-3-5-11-26/h3-23H,1-2H3. The number of hydrogen-bond donors (Lipinski definition) is 0. The second kappa shape index (κ2) is 8.41. The van der Waals surface area contributed by atoms with E-state index in [1.807, 2.05) is 30.3 Å². The van der Waals surface area contributed by atoms with Gasteiger partial charge in [0.25, 0.3) is 0 Å². The quantitative estimate of drug-likeness (QED) is 0.205. The van der Waals surface area contributed by atoms with Gasteiger partial charge in [-0.15, -0.1) is 0 Å². The second-order valence-corrected chi connectivity index (χ2v) is 12.0. The predicted molar refractivity (Wildman–Crippen MR) is 175 cm³/mol. The zero-order valence-corrected chi connectivity index (χ0v) is 23.5. The molecule has 0 amide bonds. The molecule has 8 aromatic rings. The highest BCUT2D eigenvalue weighted by Gasteiger charge is 2.36. The van der Waals surface area contributed by atoms with E-state index >= 15 is 0 Å². The third kappa shape index (κ3) is 3.18. The number of hydrogen-bond acceptors (Lipinski definition) is 2. The van der Waals surface area contributed by atoms with Crippen LogP contribution in [0.25, 0.3) is 77.1 Å². The molecule has 0 radical (unpaired) electrons. The third-order valence-electron chi connectivity index (χ3n) is 9.27. The van der Waals surface area contributed by atoms with E-state index in [0.29, 0.717) is 5.89 Å². The summed E-state index contributed by atoms with van der Waals surface area (Å²) < 4.78 is 6.50. The number of benzene rings is 7. The summed E-state index contributed by atoms with van der Waals surface area (Å²) in [5.74, 6) is 0.651. The van der Waals surface area contributed by atoms with Crippen molar-refractivity contribution in [3.05, 3.63) is 139 Å². The van der Waals surface area contributed by atoms with Crippen LogP contribution in [0.1, 0.15) is 25.0 Å². The van der Waals surface area contributed by atoms with E-state index in [4.69, 9.17) is 9.40 Å². The van der Waals surface area contributed by atoms with Crippen LogP contribution >= 0.6 is 0 Å². The Balaban J connectivity index is 1.33. The first kappa shape index (κ1) is 23.5. The first-order chi connectivity index (χ1) is 20.6. The summed E-state index contributed by atoms with van der Waals surface area (Å²) in [6, 6.07) is 45.9. The van der Waals surface area contributed by atoms with Gasteiger partial charge in [-0.05, 0) is 90.6 Å². The summed E-state index contributed by atoms with van der Waals surface area (Å²) in [4.78, 5) is 4.87. The molecule has 1 aromatic heterocycles. The smallest absolute Gasteiger partial charge is 0.227 e. The molecule has 0 aliphatic heterocycles. The lowest BCUT2D eigenvalue weighted by molar-refractivity contribution is 0.623. The van der Waals surface area contributed by atoms with E-state index in [1.165, 1.54) is 54.9 Å². The molecule has 0 bridgehead atoms. The molecule has 42 heavy (non-hydrogen) atoms. The number of aromatic nitrogens is 1. The fourth-order valence-electron chi connectivity index (χ4n) is 7.18. The van der Waals surface area contributed by atoms with Gasteiger partial charge in [0.05, 0.1) is 0 Å². The Labute approximate surface area is 243 Å². The second-order valence-electron chi connectivity index (χ2n) is 12.0. The van der Waals surface area contributed by atoms with E-state index in [-0.39, 0.29) is 5.41 Å². The lowest BCUT2D eigenvalue weighted by Crippen LogP contribution is -2.15. The van der Waals surface area contributed by atoms with E-state index in [9.17, 15) is 0 Å². The minimum Gasteiger partial charge on any atom is -0.435 e. The van der Waals surface area contributed by atoms with Crippen LogP contribution in [-0.4, -0.2) is 4.98 Å². The molecule has 0 saturated carbocycles. The van der Waals surface area contributed by atoms with Crippen molar-refractivity contribution in [3.63, 3.8) is 0 Å². The highest BCUT2D eigenvalue weighted by atomic mass is 16.3. The first-order valence-electron chi connectivity index (χ1n) is 14.6. The van der Waals surface area contributed by atoms with Gasteiger partial charge in [-0.2, -0.15) is 0 Å². The van der Waals surface area contributed by atoms with E-state index in [2.05, 4.69) is 111 Å². The zero-order valence-electron chi connectivity index (χ0n) is 23.5. The molecule has 0 fully saturated rings. The SMILES string of the molecule is CC1(C)c2ccccc2-c2c1cc(-c1ccc3ccc4ccc5nc(-c6ccccc6)oc5c4c3c1)c1ccccc21. The molecule has 2 heteroatoms. The van der Waals surface area contributed by atoms with Gasteiger partial charge in [-0.3, -0.25) is 0 Å². The molecule has 0 saturated heterocycles. The third-order valence-corrected chi connectivity index (χ3v) is 9.27. The number of fused-ring (bicyclic) bond motifs is 10. The van der Waals surface area contributed by atoms with Gasteiger partial charge in [-0.1, -0.05) is 111 Å². The zero-order chi connectivity index (χ0) is 28.0. The fourth-order valence-corrected chi connectivity index (χ4v) is 7.18. The summed E-state index contributed by atoms with van der Waals surface area (Å²) in [7, 11) is 0. The average molecular weight is 538 g/mol. The van der Waals surface area contributed by atoms with Gasteiger partial charge < -0.3 is 4.42 Å². The molecular formula is C40H27NO. The van der Waals surface area contributed by atoms with Crippen LogP contribution in [0.2, 0.25) is 0 Å². The monoisotopic (exact) mass is 537 g/mol. The highest BCUT2D eigenvalue weighted by Crippen LogP contribution is 2.53. The molecule has 1 aliphatic carbocycles. The number of rotatable bonds is 2. The molecule has 2 nitrogen and oxygen atoms in total. The largest absolute Gasteiger partial charge is 0.435 e. The van der Waals surface area contributed by atoms with E-state index in [0.717, 1.165) is 27.4 Å². The van der Waals surface area contributed by atoms with Crippen molar-refractivity contribution < 1.29 is 4.42 Å². The number of nitrogens with zero attached hydrogens (tertiary/aromatic N) is 1. The molecule has 7 aromatic carbocycles. The normalized spacial score (nSPS) is 13.7. The van der Waals surface area contributed by atoms with Gasteiger partial charge in [0.15, 0.2) is 5.58 Å². The lowest BCUT2D eigenvalue weighted by atomic mass is 9.80.